The standard InChI is InChI=1S/C31H48N4O4S2/c1-31(2,3)39-30(38)35-22-41-21-27(35)28(36)33-26(20-40-19-24-12-8-5-9-13-24)29(37)34-16-14-25(15-17-34)32-18-23-10-6-4-7-11-23/h4,6-7,10-11,24-27,32H,5,8-9,12-22H2,1-3H3,(H,33,36)/t26-,27-/m0/s1. The van der Waals surface area contributed by atoms with Crippen molar-refractivity contribution in [3.63, 3.8) is 0 Å². The van der Waals surface area contributed by atoms with Crippen LogP contribution in [0.1, 0.15) is 71.3 Å². The zero-order chi connectivity index (χ0) is 29.2. The summed E-state index contributed by atoms with van der Waals surface area (Å²) in [4.78, 5) is 43.5. The molecular weight excluding hydrogens is 556 g/mol. The summed E-state index contributed by atoms with van der Waals surface area (Å²) >= 11 is 3.31. The molecule has 0 radical (unpaired) electrons. The molecule has 3 fully saturated rings. The van der Waals surface area contributed by atoms with Crippen molar-refractivity contribution in [1.29, 1.82) is 0 Å². The van der Waals surface area contributed by atoms with E-state index in [0.29, 0.717) is 42.4 Å². The number of ether oxygens (including phenoxy) is 1. The van der Waals surface area contributed by atoms with E-state index in [1.807, 2.05) is 31.7 Å². The maximum Gasteiger partial charge on any atom is 0.411 e. The molecule has 2 atom stereocenters. The number of piperidine rings is 1. The van der Waals surface area contributed by atoms with E-state index < -0.39 is 23.8 Å². The molecule has 1 aliphatic carbocycles. The molecule has 2 aliphatic heterocycles. The van der Waals surface area contributed by atoms with Gasteiger partial charge in [-0.25, -0.2) is 4.79 Å². The maximum absolute atomic E-state index is 13.8. The lowest BCUT2D eigenvalue weighted by molar-refractivity contribution is -0.137. The van der Waals surface area contributed by atoms with Crippen LogP contribution in [0.25, 0.3) is 0 Å². The van der Waals surface area contributed by atoms with Gasteiger partial charge >= 0.3 is 6.09 Å². The number of likely N-dealkylation sites (tertiary alicyclic amines) is 1. The van der Waals surface area contributed by atoms with Crippen molar-refractivity contribution in [2.24, 2.45) is 5.92 Å². The zero-order valence-corrected chi connectivity index (χ0v) is 26.6. The normalized spacial score (nSPS) is 21.5. The summed E-state index contributed by atoms with van der Waals surface area (Å²) in [5, 5.41) is 6.70. The van der Waals surface area contributed by atoms with Gasteiger partial charge in [0.05, 0.1) is 5.88 Å². The molecule has 0 aromatic heterocycles. The van der Waals surface area contributed by atoms with E-state index in [4.69, 9.17) is 4.74 Å². The van der Waals surface area contributed by atoms with E-state index in [9.17, 15) is 14.4 Å². The summed E-state index contributed by atoms with van der Waals surface area (Å²) in [5.41, 5.74) is 0.621. The highest BCUT2D eigenvalue weighted by atomic mass is 32.2. The molecule has 0 bridgehead atoms. The first-order chi connectivity index (χ1) is 19.7. The van der Waals surface area contributed by atoms with Crippen molar-refractivity contribution in [2.75, 3.05) is 36.2 Å². The summed E-state index contributed by atoms with van der Waals surface area (Å²) in [7, 11) is 0. The SMILES string of the molecule is CC(C)(C)OC(=O)N1CSC[C@H]1C(=O)N[C@@H](CSCC1CCCCC1)C(=O)N1CCC(NCc2ccccc2)CC1. The van der Waals surface area contributed by atoms with Gasteiger partial charge in [-0.2, -0.15) is 11.8 Å². The summed E-state index contributed by atoms with van der Waals surface area (Å²) in [6, 6.07) is 9.50. The van der Waals surface area contributed by atoms with Crippen LogP contribution in [-0.4, -0.2) is 87.7 Å². The van der Waals surface area contributed by atoms with Gasteiger partial charge in [0.25, 0.3) is 0 Å². The Morgan fingerprint density at radius 3 is 2.44 bits per heavy atom. The topological polar surface area (TPSA) is 91.0 Å². The van der Waals surface area contributed by atoms with Gasteiger partial charge < -0.3 is 20.3 Å². The quantitative estimate of drug-likeness (QED) is 0.394. The van der Waals surface area contributed by atoms with Crippen LogP contribution in [0.15, 0.2) is 30.3 Å². The van der Waals surface area contributed by atoms with Crippen molar-refractivity contribution in [1.82, 2.24) is 20.4 Å². The number of nitrogens with one attached hydrogen (secondary N) is 2. The first kappa shape index (κ1) is 32.0. The fourth-order valence-corrected chi connectivity index (χ4v) is 8.10. The molecule has 41 heavy (non-hydrogen) atoms. The van der Waals surface area contributed by atoms with Gasteiger partial charge in [0.15, 0.2) is 0 Å². The van der Waals surface area contributed by atoms with Crippen LogP contribution in [0.3, 0.4) is 0 Å². The van der Waals surface area contributed by atoms with E-state index in [1.54, 1.807) is 11.8 Å². The Hall–Kier alpha value is -1.91. The minimum absolute atomic E-state index is 0.00882. The number of carbonyl (C=O) groups is 3. The Morgan fingerprint density at radius 1 is 1.05 bits per heavy atom. The monoisotopic (exact) mass is 604 g/mol. The number of hydrogen-bond acceptors (Lipinski definition) is 7. The van der Waals surface area contributed by atoms with Gasteiger partial charge in [0.1, 0.15) is 17.7 Å². The van der Waals surface area contributed by atoms with Crippen LogP contribution in [0.2, 0.25) is 0 Å². The van der Waals surface area contributed by atoms with Crippen molar-refractivity contribution < 1.29 is 19.1 Å². The van der Waals surface area contributed by atoms with Crippen LogP contribution < -0.4 is 10.6 Å². The second-order valence-electron chi connectivity index (χ2n) is 12.5. The van der Waals surface area contributed by atoms with Crippen molar-refractivity contribution in [2.45, 2.75) is 96.0 Å². The molecule has 2 N–H and O–H groups in total. The van der Waals surface area contributed by atoms with Crippen LogP contribution in [0, 0.1) is 5.92 Å². The molecule has 10 heteroatoms. The Balaban J connectivity index is 1.33. The van der Waals surface area contributed by atoms with Gasteiger partial charge in [-0.05, 0) is 63.7 Å². The number of hydrogen-bond donors (Lipinski definition) is 2. The van der Waals surface area contributed by atoms with Gasteiger partial charge in [-0.3, -0.25) is 14.5 Å². The van der Waals surface area contributed by atoms with Crippen molar-refractivity contribution in [3.8, 4) is 0 Å². The molecule has 3 aliphatic rings. The average Bonchev–Trinajstić information content (AvgIpc) is 3.46. The van der Waals surface area contributed by atoms with Gasteiger partial charge in [-0.1, -0.05) is 49.6 Å². The Bertz CT molecular complexity index is 992. The lowest BCUT2D eigenvalue weighted by Crippen LogP contribution is -2.57. The number of thioether (sulfide) groups is 2. The Morgan fingerprint density at radius 2 is 1.76 bits per heavy atom. The summed E-state index contributed by atoms with van der Waals surface area (Å²) in [6.07, 6.45) is 7.70. The molecule has 2 heterocycles. The molecule has 1 aromatic carbocycles. The fourth-order valence-electron chi connectivity index (χ4n) is 5.69. The smallest absolute Gasteiger partial charge is 0.411 e. The second-order valence-corrected chi connectivity index (χ2v) is 14.6. The number of carbonyl (C=O) groups excluding carboxylic acids is 3. The van der Waals surface area contributed by atoms with E-state index in [-0.39, 0.29) is 11.8 Å². The molecule has 4 rings (SSSR count). The van der Waals surface area contributed by atoms with Gasteiger partial charge in [-0.15, -0.1) is 11.8 Å². The predicted molar refractivity (Wildman–Crippen MR) is 168 cm³/mol. The molecular formula is C31H48N4O4S2. The van der Waals surface area contributed by atoms with Gasteiger partial charge in [0, 0.05) is 37.2 Å². The van der Waals surface area contributed by atoms with Crippen molar-refractivity contribution in [3.05, 3.63) is 35.9 Å². The Kier molecular flexibility index (Phi) is 12.1. The molecule has 1 saturated carbocycles. The maximum atomic E-state index is 13.8. The molecule has 0 unspecified atom stereocenters. The molecule has 3 amide bonds. The lowest BCUT2D eigenvalue weighted by atomic mass is 9.91. The first-order valence-electron chi connectivity index (χ1n) is 15.2. The molecule has 8 nitrogen and oxygen atoms in total. The van der Waals surface area contributed by atoms with Crippen LogP contribution in [-0.2, 0) is 20.9 Å². The van der Waals surface area contributed by atoms with E-state index in [1.165, 1.54) is 54.3 Å². The minimum atomic E-state index is -0.638. The number of benzene rings is 1. The molecule has 228 valence electrons. The number of amides is 3. The third-order valence-electron chi connectivity index (χ3n) is 8.03. The third-order valence-corrected chi connectivity index (χ3v) is 10.3. The summed E-state index contributed by atoms with van der Waals surface area (Å²) < 4.78 is 5.55. The number of rotatable bonds is 10. The highest BCUT2D eigenvalue weighted by molar-refractivity contribution is 7.99. The average molecular weight is 605 g/mol. The molecule has 2 saturated heterocycles. The molecule has 1 aromatic rings. The zero-order valence-electron chi connectivity index (χ0n) is 24.9. The van der Waals surface area contributed by atoms with E-state index in [0.717, 1.165) is 25.1 Å². The third kappa shape index (κ3) is 10.1. The Labute approximate surface area is 254 Å². The highest BCUT2D eigenvalue weighted by Gasteiger charge is 2.39. The first-order valence-corrected chi connectivity index (χ1v) is 17.5. The fraction of sp³-hybridized carbons (Fsp3) is 0.710. The van der Waals surface area contributed by atoms with Gasteiger partial charge in [0.2, 0.25) is 11.8 Å². The van der Waals surface area contributed by atoms with Crippen LogP contribution in [0.4, 0.5) is 4.79 Å². The highest BCUT2D eigenvalue weighted by Crippen LogP contribution is 2.28. The number of nitrogens with zero attached hydrogens (tertiary/aromatic N) is 2. The van der Waals surface area contributed by atoms with E-state index >= 15 is 0 Å². The lowest BCUT2D eigenvalue weighted by Gasteiger charge is -2.35. The van der Waals surface area contributed by atoms with Crippen LogP contribution in [0.5, 0.6) is 0 Å². The summed E-state index contributed by atoms with van der Waals surface area (Å²) in [6.45, 7) is 7.64. The van der Waals surface area contributed by atoms with E-state index in [2.05, 4.69) is 34.9 Å². The van der Waals surface area contributed by atoms with Crippen LogP contribution >= 0.6 is 23.5 Å². The largest absolute Gasteiger partial charge is 0.444 e. The minimum Gasteiger partial charge on any atom is -0.444 e. The van der Waals surface area contributed by atoms with Crippen molar-refractivity contribution >= 4 is 41.4 Å². The predicted octanol–water partition coefficient (Wildman–Crippen LogP) is 4.88. The molecule has 0 spiro atoms. The second kappa shape index (κ2) is 15.5. The summed E-state index contributed by atoms with van der Waals surface area (Å²) in [5.74, 6) is 2.90.